The first-order valence-electron chi connectivity index (χ1n) is 17.6. The first kappa shape index (κ1) is 37.4. The third kappa shape index (κ3) is 30.0. The minimum Gasteiger partial charge on any atom is -0.394 e. The van der Waals surface area contributed by atoms with E-state index in [-0.39, 0.29) is 18.6 Å². The second kappa shape index (κ2) is 32.6. The molecule has 3 heteroatoms. The van der Waals surface area contributed by atoms with Gasteiger partial charge in [-0.05, 0) is 12.8 Å². The van der Waals surface area contributed by atoms with Gasteiger partial charge in [-0.25, -0.2) is 0 Å². The van der Waals surface area contributed by atoms with Gasteiger partial charge in [0.25, 0.3) is 0 Å². The van der Waals surface area contributed by atoms with Gasteiger partial charge in [-0.3, -0.25) is 4.79 Å². The van der Waals surface area contributed by atoms with Crippen LogP contribution in [0.5, 0.6) is 0 Å². The molecule has 0 aromatic heterocycles. The maximum atomic E-state index is 11.9. The highest BCUT2D eigenvalue weighted by atomic mass is 16.3. The van der Waals surface area contributed by atoms with Crippen LogP contribution in [0.3, 0.4) is 0 Å². The first-order chi connectivity index (χ1) is 18.7. The van der Waals surface area contributed by atoms with Crippen LogP contribution in [-0.4, -0.2) is 23.7 Å². The second-order valence-corrected chi connectivity index (χ2v) is 12.2. The summed E-state index contributed by atoms with van der Waals surface area (Å²) in [7, 11) is 0. The summed E-state index contributed by atoms with van der Waals surface area (Å²) in [5, 5.41) is 12.2. The zero-order valence-electron chi connectivity index (χ0n) is 26.4. The Labute approximate surface area is 240 Å². The van der Waals surface area contributed by atoms with Crippen LogP contribution in [0.25, 0.3) is 0 Å². The van der Waals surface area contributed by atoms with E-state index in [1.807, 2.05) is 0 Å². The van der Waals surface area contributed by atoms with E-state index in [2.05, 4.69) is 19.2 Å². The maximum Gasteiger partial charge on any atom is 0.220 e. The highest BCUT2D eigenvalue weighted by Crippen LogP contribution is 2.16. The average Bonchev–Trinajstić information content (AvgIpc) is 2.92. The number of aliphatic hydroxyl groups is 1. The minimum atomic E-state index is -0.0542. The summed E-state index contributed by atoms with van der Waals surface area (Å²) in [5.41, 5.74) is 0. The van der Waals surface area contributed by atoms with E-state index >= 15 is 0 Å². The Morgan fingerprint density at radius 2 is 0.763 bits per heavy atom. The fourth-order valence-corrected chi connectivity index (χ4v) is 5.64. The Morgan fingerprint density at radius 1 is 0.474 bits per heavy atom. The lowest BCUT2D eigenvalue weighted by Crippen LogP contribution is -2.37. The maximum absolute atomic E-state index is 11.9. The van der Waals surface area contributed by atoms with Crippen LogP contribution < -0.4 is 5.32 Å². The molecule has 0 aromatic rings. The molecular weight excluding hydrogens is 466 g/mol. The van der Waals surface area contributed by atoms with Gasteiger partial charge in [-0.15, -0.1) is 0 Å². The molecule has 228 valence electrons. The lowest BCUT2D eigenvalue weighted by atomic mass is 10.0. The predicted molar refractivity (Wildman–Crippen MR) is 169 cm³/mol. The number of aliphatic hydroxyl groups excluding tert-OH is 1. The van der Waals surface area contributed by atoms with Crippen molar-refractivity contribution in [2.75, 3.05) is 6.61 Å². The van der Waals surface area contributed by atoms with E-state index < -0.39 is 0 Å². The molecule has 0 saturated heterocycles. The molecule has 0 rings (SSSR count). The van der Waals surface area contributed by atoms with E-state index in [4.69, 9.17) is 0 Å². The molecule has 0 aliphatic carbocycles. The number of rotatable bonds is 32. The predicted octanol–water partition coefficient (Wildman–Crippen LogP) is 11.2. The fourth-order valence-electron chi connectivity index (χ4n) is 5.64. The molecule has 0 spiro atoms. The van der Waals surface area contributed by atoms with Crippen molar-refractivity contribution in [1.29, 1.82) is 0 Å². The van der Waals surface area contributed by atoms with Crippen LogP contribution >= 0.6 is 0 Å². The Morgan fingerprint density at radius 3 is 1.03 bits per heavy atom. The third-order valence-electron chi connectivity index (χ3n) is 8.23. The van der Waals surface area contributed by atoms with Crippen molar-refractivity contribution >= 4 is 5.91 Å². The molecule has 1 atom stereocenters. The monoisotopic (exact) mass is 538 g/mol. The van der Waals surface area contributed by atoms with Gasteiger partial charge >= 0.3 is 0 Å². The molecule has 0 aliphatic rings. The zero-order valence-corrected chi connectivity index (χ0v) is 26.4. The first-order valence-corrected chi connectivity index (χ1v) is 17.6. The van der Waals surface area contributed by atoms with Gasteiger partial charge in [0.1, 0.15) is 0 Å². The second-order valence-electron chi connectivity index (χ2n) is 12.2. The van der Waals surface area contributed by atoms with E-state index in [0.717, 1.165) is 25.7 Å². The highest BCUT2D eigenvalue weighted by molar-refractivity contribution is 5.76. The van der Waals surface area contributed by atoms with Gasteiger partial charge in [0.15, 0.2) is 0 Å². The van der Waals surface area contributed by atoms with Crippen molar-refractivity contribution in [2.45, 2.75) is 213 Å². The van der Waals surface area contributed by atoms with Crippen LogP contribution in [0.2, 0.25) is 0 Å². The number of hydrogen-bond acceptors (Lipinski definition) is 2. The lowest BCUT2D eigenvalue weighted by Gasteiger charge is -2.15. The summed E-state index contributed by atoms with van der Waals surface area (Å²) < 4.78 is 0. The van der Waals surface area contributed by atoms with Gasteiger partial charge in [0.05, 0.1) is 12.6 Å². The summed E-state index contributed by atoms with van der Waals surface area (Å²) in [4.78, 5) is 11.9. The number of nitrogens with one attached hydrogen (secondary N) is 1. The van der Waals surface area contributed by atoms with Gasteiger partial charge in [0, 0.05) is 6.42 Å². The van der Waals surface area contributed by atoms with E-state index in [1.165, 1.54) is 161 Å². The summed E-state index contributed by atoms with van der Waals surface area (Å²) in [6.45, 7) is 4.43. The lowest BCUT2D eigenvalue weighted by molar-refractivity contribution is -0.122. The number of carbonyl (C=O) groups is 1. The molecule has 0 aromatic carbocycles. The van der Waals surface area contributed by atoms with Gasteiger partial charge in [-0.1, -0.05) is 187 Å². The number of carbonyl (C=O) groups excluding carboxylic acids is 1. The fraction of sp³-hybridized carbons (Fsp3) is 0.971. The molecule has 0 heterocycles. The van der Waals surface area contributed by atoms with Gasteiger partial charge < -0.3 is 10.4 Å². The Kier molecular flexibility index (Phi) is 32.2. The molecule has 0 aliphatic heterocycles. The van der Waals surface area contributed by atoms with Crippen molar-refractivity contribution in [2.24, 2.45) is 0 Å². The average molecular weight is 538 g/mol. The molecule has 3 nitrogen and oxygen atoms in total. The largest absolute Gasteiger partial charge is 0.394 e. The minimum absolute atomic E-state index is 0.0542. The van der Waals surface area contributed by atoms with Crippen LogP contribution in [0.15, 0.2) is 0 Å². The Bertz CT molecular complexity index is 453. The van der Waals surface area contributed by atoms with Crippen LogP contribution in [0.1, 0.15) is 206 Å². The molecular formula is C35H71NO2. The Balaban J connectivity index is 3.14. The summed E-state index contributed by atoms with van der Waals surface area (Å²) >= 11 is 0. The number of hydrogen-bond donors (Lipinski definition) is 2. The van der Waals surface area contributed by atoms with Crippen LogP contribution in [-0.2, 0) is 4.79 Å². The molecule has 38 heavy (non-hydrogen) atoms. The van der Waals surface area contributed by atoms with E-state index in [9.17, 15) is 9.90 Å². The van der Waals surface area contributed by atoms with Crippen molar-refractivity contribution < 1.29 is 9.90 Å². The Hall–Kier alpha value is -0.570. The summed E-state index contributed by atoms with van der Waals surface area (Å²) in [6.07, 6.45) is 40.4. The zero-order chi connectivity index (χ0) is 27.8. The van der Waals surface area contributed by atoms with E-state index in [1.54, 1.807) is 0 Å². The van der Waals surface area contributed by atoms with Crippen molar-refractivity contribution in [1.82, 2.24) is 5.32 Å². The number of unbranched alkanes of at least 4 members (excludes halogenated alkanes) is 26. The molecule has 2 N–H and O–H groups in total. The molecule has 1 unspecified atom stereocenters. The topological polar surface area (TPSA) is 49.3 Å². The SMILES string of the molecule is CCCCCCCCCCCCCCCCCCCCCCCCCCCCCC(=O)NC(CO)CCC. The smallest absolute Gasteiger partial charge is 0.220 e. The molecule has 0 fully saturated rings. The van der Waals surface area contributed by atoms with Crippen LogP contribution in [0, 0.1) is 0 Å². The molecule has 0 radical (unpaired) electrons. The summed E-state index contributed by atoms with van der Waals surface area (Å²) in [5.74, 6) is 0.108. The molecule has 0 saturated carbocycles. The third-order valence-corrected chi connectivity index (χ3v) is 8.23. The van der Waals surface area contributed by atoms with Gasteiger partial charge in [0.2, 0.25) is 5.91 Å². The van der Waals surface area contributed by atoms with Crippen LogP contribution in [0.4, 0.5) is 0 Å². The summed E-state index contributed by atoms with van der Waals surface area (Å²) in [6, 6.07) is -0.0542. The quantitative estimate of drug-likeness (QED) is 0.0838. The van der Waals surface area contributed by atoms with E-state index in [0.29, 0.717) is 6.42 Å². The normalized spacial score (nSPS) is 12.2. The van der Waals surface area contributed by atoms with Crippen molar-refractivity contribution in [3.8, 4) is 0 Å². The van der Waals surface area contributed by atoms with Crippen molar-refractivity contribution in [3.05, 3.63) is 0 Å². The number of amides is 1. The van der Waals surface area contributed by atoms with Crippen molar-refractivity contribution in [3.63, 3.8) is 0 Å². The standard InChI is InChI=1S/C35H71NO2/c1-3-5-6-7-8-9-10-11-12-13-14-15-16-17-18-19-20-21-22-23-24-25-26-27-28-29-30-32-35(38)36-34(33-37)31-4-2/h34,37H,3-33H2,1-2H3,(H,36,38). The molecule has 0 bridgehead atoms. The molecule has 1 amide bonds. The highest BCUT2D eigenvalue weighted by Gasteiger charge is 2.09. The van der Waals surface area contributed by atoms with Gasteiger partial charge in [-0.2, -0.15) is 0 Å².